The van der Waals surface area contributed by atoms with Crippen molar-refractivity contribution in [1.29, 1.82) is 0 Å². The van der Waals surface area contributed by atoms with Crippen LogP contribution < -0.4 is 0 Å². The van der Waals surface area contributed by atoms with Crippen LogP contribution >= 0.6 is 0 Å². The standard InChI is InChI=1S/C7H12O/c1-2-7-4-3-5-8-6-7/h2H,3-6H2,1H3/b7-2+. The van der Waals surface area contributed by atoms with Gasteiger partial charge in [-0.1, -0.05) is 6.08 Å². The molecule has 0 unspecified atom stereocenters. The summed E-state index contributed by atoms with van der Waals surface area (Å²) in [5.41, 5.74) is 1.45. The second-order valence-electron chi connectivity index (χ2n) is 2.10. The maximum Gasteiger partial charge on any atom is 0.0676 e. The summed E-state index contributed by atoms with van der Waals surface area (Å²) in [4.78, 5) is 0. The zero-order valence-corrected chi connectivity index (χ0v) is 5.31. The highest BCUT2D eigenvalue weighted by Crippen LogP contribution is 2.10. The molecule has 1 saturated heterocycles. The van der Waals surface area contributed by atoms with Crippen molar-refractivity contribution < 1.29 is 4.74 Å². The van der Waals surface area contributed by atoms with E-state index in [1.807, 2.05) is 0 Å². The van der Waals surface area contributed by atoms with Gasteiger partial charge in [0.25, 0.3) is 0 Å². The van der Waals surface area contributed by atoms with E-state index < -0.39 is 0 Å². The van der Waals surface area contributed by atoms with Crippen LogP contribution in [-0.4, -0.2) is 13.2 Å². The predicted octanol–water partition coefficient (Wildman–Crippen LogP) is 1.74. The summed E-state index contributed by atoms with van der Waals surface area (Å²) in [6.45, 7) is 3.90. The fraction of sp³-hybridized carbons (Fsp3) is 0.714. The van der Waals surface area contributed by atoms with E-state index in [1.165, 1.54) is 18.4 Å². The minimum atomic E-state index is 0.872. The fourth-order valence-corrected chi connectivity index (χ4v) is 0.904. The molecule has 8 heavy (non-hydrogen) atoms. The summed E-state index contributed by atoms with van der Waals surface area (Å²) in [7, 11) is 0. The molecule has 0 radical (unpaired) electrons. The number of ether oxygens (including phenoxy) is 1. The summed E-state index contributed by atoms with van der Waals surface area (Å²) in [6.07, 6.45) is 4.61. The highest BCUT2D eigenvalue weighted by atomic mass is 16.5. The van der Waals surface area contributed by atoms with Crippen molar-refractivity contribution in [2.75, 3.05) is 13.2 Å². The third-order valence-corrected chi connectivity index (χ3v) is 1.48. The number of hydrogen-bond acceptors (Lipinski definition) is 1. The normalized spacial score (nSPS) is 26.4. The summed E-state index contributed by atoms with van der Waals surface area (Å²) >= 11 is 0. The average Bonchev–Trinajstić information content (AvgIpc) is 1.90. The minimum Gasteiger partial charge on any atom is -0.377 e. The average molecular weight is 112 g/mol. The maximum absolute atomic E-state index is 5.20. The number of rotatable bonds is 0. The van der Waals surface area contributed by atoms with Gasteiger partial charge in [0.1, 0.15) is 0 Å². The second kappa shape index (κ2) is 2.88. The molecule has 0 atom stereocenters. The van der Waals surface area contributed by atoms with Crippen LogP contribution in [0, 0.1) is 0 Å². The van der Waals surface area contributed by atoms with Crippen LogP contribution in [-0.2, 0) is 4.74 Å². The Morgan fingerprint density at radius 3 is 2.88 bits per heavy atom. The van der Waals surface area contributed by atoms with Crippen molar-refractivity contribution in [2.45, 2.75) is 19.8 Å². The molecule has 1 rings (SSSR count). The Kier molecular flexibility index (Phi) is 2.10. The van der Waals surface area contributed by atoms with Gasteiger partial charge in [-0.25, -0.2) is 0 Å². The smallest absolute Gasteiger partial charge is 0.0676 e. The van der Waals surface area contributed by atoms with Crippen molar-refractivity contribution >= 4 is 0 Å². The Morgan fingerprint density at radius 1 is 1.62 bits per heavy atom. The topological polar surface area (TPSA) is 9.23 Å². The number of allylic oxidation sites excluding steroid dienone is 1. The Hall–Kier alpha value is -0.300. The van der Waals surface area contributed by atoms with E-state index in [0.717, 1.165) is 13.2 Å². The first-order valence-electron chi connectivity index (χ1n) is 3.15. The van der Waals surface area contributed by atoms with E-state index in [4.69, 9.17) is 4.74 Å². The third-order valence-electron chi connectivity index (χ3n) is 1.48. The molecule has 0 aromatic rings. The number of hydrogen-bond donors (Lipinski definition) is 0. The third kappa shape index (κ3) is 1.34. The summed E-state index contributed by atoms with van der Waals surface area (Å²) in [5, 5.41) is 0. The lowest BCUT2D eigenvalue weighted by Crippen LogP contribution is -2.07. The lowest BCUT2D eigenvalue weighted by atomic mass is 10.1. The van der Waals surface area contributed by atoms with Crippen LogP contribution in [0.15, 0.2) is 11.6 Å². The molecule has 0 saturated carbocycles. The summed E-state index contributed by atoms with van der Waals surface area (Å²) in [5.74, 6) is 0. The van der Waals surface area contributed by atoms with Gasteiger partial charge in [0.2, 0.25) is 0 Å². The van der Waals surface area contributed by atoms with Gasteiger partial charge >= 0.3 is 0 Å². The van der Waals surface area contributed by atoms with Gasteiger partial charge in [0.15, 0.2) is 0 Å². The van der Waals surface area contributed by atoms with Crippen LogP contribution in [0.2, 0.25) is 0 Å². The fourth-order valence-electron chi connectivity index (χ4n) is 0.904. The molecule has 0 aromatic carbocycles. The Morgan fingerprint density at radius 2 is 2.50 bits per heavy atom. The molecule has 1 aliphatic rings. The molecule has 0 N–H and O–H groups in total. The molecule has 1 heteroatoms. The van der Waals surface area contributed by atoms with E-state index in [-0.39, 0.29) is 0 Å². The van der Waals surface area contributed by atoms with Crippen LogP contribution in [0.5, 0.6) is 0 Å². The Bertz CT molecular complexity index is 86.6. The van der Waals surface area contributed by atoms with Crippen molar-refractivity contribution in [3.8, 4) is 0 Å². The van der Waals surface area contributed by atoms with Crippen molar-refractivity contribution in [3.63, 3.8) is 0 Å². The minimum absolute atomic E-state index is 0.872. The predicted molar refractivity (Wildman–Crippen MR) is 33.8 cm³/mol. The molecule has 1 aliphatic heterocycles. The van der Waals surface area contributed by atoms with Crippen LogP contribution in [0.25, 0.3) is 0 Å². The molecular weight excluding hydrogens is 100 g/mol. The van der Waals surface area contributed by atoms with Gasteiger partial charge in [0.05, 0.1) is 6.61 Å². The molecule has 0 bridgehead atoms. The SMILES string of the molecule is C/C=C1\CCCOC1. The zero-order valence-electron chi connectivity index (χ0n) is 5.31. The maximum atomic E-state index is 5.20. The molecule has 0 amide bonds. The van der Waals surface area contributed by atoms with E-state index in [2.05, 4.69) is 13.0 Å². The Labute approximate surface area is 50.3 Å². The molecule has 1 nitrogen and oxygen atoms in total. The van der Waals surface area contributed by atoms with Crippen LogP contribution in [0.4, 0.5) is 0 Å². The second-order valence-corrected chi connectivity index (χ2v) is 2.10. The Balaban J connectivity index is 2.33. The quantitative estimate of drug-likeness (QED) is 0.434. The van der Waals surface area contributed by atoms with E-state index in [1.54, 1.807) is 0 Å². The van der Waals surface area contributed by atoms with Gasteiger partial charge in [-0.05, 0) is 25.3 Å². The van der Waals surface area contributed by atoms with Gasteiger partial charge in [-0.15, -0.1) is 0 Å². The highest BCUT2D eigenvalue weighted by molar-refractivity contribution is 5.01. The molecule has 0 aliphatic carbocycles. The monoisotopic (exact) mass is 112 g/mol. The molecule has 0 spiro atoms. The summed E-state index contributed by atoms with van der Waals surface area (Å²) in [6, 6.07) is 0. The zero-order chi connectivity index (χ0) is 5.82. The van der Waals surface area contributed by atoms with Gasteiger partial charge < -0.3 is 4.74 Å². The van der Waals surface area contributed by atoms with Crippen molar-refractivity contribution in [3.05, 3.63) is 11.6 Å². The molecular formula is C7H12O. The highest BCUT2D eigenvalue weighted by Gasteiger charge is 2.02. The van der Waals surface area contributed by atoms with E-state index in [0.29, 0.717) is 0 Å². The van der Waals surface area contributed by atoms with Gasteiger partial charge in [0, 0.05) is 6.61 Å². The first-order valence-corrected chi connectivity index (χ1v) is 3.15. The van der Waals surface area contributed by atoms with Gasteiger partial charge in [-0.2, -0.15) is 0 Å². The molecule has 1 fully saturated rings. The van der Waals surface area contributed by atoms with Crippen LogP contribution in [0.1, 0.15) is 19.8 Å². The summed E-state index contributed by atoms with van der Waals surface area (Å²) < 4.78 is 5.20. The van der Waals surface area contributed by atoms with Crippen molar-refractivity contribution in [2.24, 2.45) is 0 Å². The largest absolute Gasteiger partial charge is 0.377 e. The van der Waals surface area contributed by atoms with Gasteiger partial charge in [-0.3, -0.25) is 0 Å². The first kappa shape index (κ1) is 5.83. The lowest BCUT2D eigenvalue weighted by Gasteiger charge is -2.13. The van der Waals surface area contributed by atoms with E-state index >= 15 is 0 Å². The molecule has 0 aromatic heterocycles. The molecule has 1 heterocycles. The first-order chi connectivity index (χ1) is 3.93. The van der Waals surface area contributed by atoms with Crippen LogP contribution in [0.3, 0.4) is 0 Å². The van der Waals surface area contributed by atoms with E-state index in [9.17, 15) is 0 Å². The molecule has 46 valence electrons. The lowest BCUT2D eigenvalue weighted by molar-refractivity contribution is 0.130. The van der Waals surface area contributed by atoms with Crippen molar-refractivity contribution in [1.82, 2.24) is 0 Å².